The zero-order valence-electron chi connectivity index (χ0n) is 9.33. The molecule has 0 aliphatic carbocycles. The number of nitrogens with zero attached hydrogens (tertiary/aromatic N) is 5. The van der Waals surface area contributed by atoms with E-state index in [2.05, 4.69) is 25.9 Å². The molecule has 0 saturated carbocycles. The number of tetrazole rings is 1. The molecule has 0 aromatic carbocycles. The zero-order chi connectivity index (χ0) is 12.1. The second-order valence-corrected chi connectivity index (χ2v) is 3.23. The highest BCUT2D eigenvalue weighted by molar-refractivity contribution is 5.69. The van der Waals surface area contributed by atoms with Crippen molar-refractivity contribution in [2.24, 2.45) is 0 Å². The van der Waals surface area contributed by atoms with E-state index < -0.39 is 0 Å². The first-order valence-electron chi connectivity index (χ1n) is 5.24. The lowest BCUT2D eigenvalue weighted by molar-refractivity contribution is -0.142. The molecule has 0 unspecified atom stereocenters. The second kappa shape index (κ2) is 5.19. The predicted octanol–water partition coefficient (Wildman–Crippen LogP) is -0.116. The zero-order valence-corrected chi connectivity index (χ0v) is 9.33. The maximum Gasteiger partial charge on any atom is 0.307 e. The Bertz CT molecular complexity index is 511. The number of hydrogen-bond acceptors (Lipinski definition) is 7. The van der Waals surface area contributed by atoms with Gasteiger partial charge < -0.3 is 10.1 Å². The lowest BCUT2D eigenvalue weighted by Gasteiger charge is -2.04. The van der Waals surface area contributed by atoms with E-state index in [0.29, 0.717) is 31.0 Å². The molecular formula is C9H12N6O2. The molecule has 0 saturated heterocycles. The van der Waals surface area contributed by atoms with Gasteiger partial charge in [0, 0.05) is 6.54 Å². The van der Waals surface area contributed by atoms with Gasteiger partial charge in [0.05, 0.1) is 13.0 Å². The molecule has 2 rings (SSSR count). The molecule has 0 atom stereocenters. The van der Waals surface area contributed by atoms with Gasteiger partial charge in [-0.05, 0) is 29.5 Å². The summed E-state index contributed by atoms with van der Waals surface area (Å²) < 4.78 is 6.11. The lowest BCUT2D eigenvalue weighted by atomic mass is 10.4. The van der Waals surface area contributed by atoms with Crippen LogP contribution in [0.2, 0.25) is 0 Å². The van der Waals surface area contributed by atoms with Crippen LogP contribution in [0.1, 0.15) is 13.3 Å². The Morgan fingerprint density at radius 3 is 3.24 bits per heavy atom. The third-order valence-electron chi connectivity index (χ3n) is 2.01. The topological polar surface area (TPSA) is 94.3 Å². The van der Waals surface area contributed by atoms with Crippen LogP contribution in [0, 0.1) is 0 Å². The molecule has 8 nitrogen and oxygen atoms in total. The fourth-order valence-corrected chi connectivity index (χ4v) is 1.27. The van der Waals surface area contributed by atoms with Crippen LogP contribution in [0.5, 0.6) is 0 Å². The van der Waals surface area contributed by atoms with Crippen molar-refractivity contribution >= 4 is 17.4 Å². The minimum Gasteiger partial charge on any atom is -0.466 e. The summed E-state index contributed by atoms with van der Waals surface area (Å²) in [6.07, 6.45) is 0.295. The minimum atomic E-state index is -0.233. The summed E-state index contributed by atoms with van der Waals surface area (Å²) in [7, 11) is 0. The summed E-state index contributed by atoms with van der Waals surface area (Å²) >= 11 is 0. The molecule has 0 aliphatic rings. The van der Waals surface area contributed by atoms with Gasteiger partial charge >= 0.3 is 5.97 Å². The van der Waals surface area contributed by atoms with Gasteiger partial charge in [0.25, 0.3) is 0 Å². The van der Waals surface area contributed by atoms with Gasteiger partial charge in [0.2, 0.25) is 0 Å². The Morgan fingerprint density at radius 1 is 1.53 bits per heavy atom. The highest BCUT2D eigenvalue weighted by Gasteiger charge is 2.03. The van der Waals surface area contributed by atoms with Crippen LogP contribution in [0.4, 0.5) is 5.82 Å². The minimum absolute atomic E-state index is 0.233. The first kappa shape index (κ1) is 11.2. The van der Waals surface area contributed by atoms with E-state index in [1.807, 2.05) is 0 Å². The van der Waals surface area contributed by atoms with Crippen molar-refractivity contribution in [3.63, 3.8) is 0 Å². The summed E-state index contributed by atoms with van der Waals surface area (Å²) in [6, 6.07) is 3.48. The molecule has 0 aliphatic heterocycles. The van der Waals surface area contributed by atoms with Gasteiger partial charge in [0.15, 0.2) is 5.65 Å². The first-order valence-corrected chi connectivity index (χ1v) is 5.24. The van der Waals surface area contributed by atoms with Crippen molar-refractivity contribution in [2.75, 3.05) is 18.5 Å². The number of aromatic nitrogens is 5. The Labute approximate surface area is 97.0 Å². The quantitative estimate of drug-likeness (QED) is 0.723. The molecule has 90 valence electrons. The molecule has 17 heavy (non-hydrogen) atoms. The number of esters is 1. The molecule has 0 spiro atoms. The average molecular weight is 236 g/mol. The summed E-state index contributed by atoms with van der Waals surface area (Å²) in [5, 5.41) is 18.0. The molecule has 0 bridgehead atoms. The lowest BCUT2D eigenvalue weighted by Crippen LogP contribution is -2.12. The Balaban J connectivity index is 1.88. The second-order valence-electron chi connectivity index (χ2n) is 3.23. The number of nitrogens with one attached hydrogen (secondary N) is 1. The van der Waals surface area contributed by atoms with E-state index in [1.165, 1.54) is 4.63 Å². The van der Waals surface area contributed by atoms with E-state index in [4.69, 9.17) is 4.74 Å². The molecule has 2 heterocycles. The number of fused-ring (bicyclic) bond motifs is 1. The Morgan fingerprint density at radius 2 is 2.41 bits per heavy atom. The Hall–Kier alpha value is -2.25. The van der Waals surface area contributed by atoms with Crippen LogP contribution in [0.15, 0.2) is 12.1 Å². The van der Waals surface area contributed by atoms with Crippen LogP contribution < -0.4 is 5.32 Å². The number of hydrogen-bond donors (Lipinski definition) is 1. The van der Waals surface area contributed by atoms with Crippen LogP contribution >= 0.6 is 0 Å². The van der Waals surface area contributed by atoms with Crippen LogP contribution in [0.3, 0.4) is 0 Å². The summed E-state index contributed by atoms with van der Waals surface area (Å²) in [5.74, 6) is 0.373. The highest BCUT2D eigenvalue weighted by Crippen LogP contribution is 2.03. The summed E-state index contributed by atoms with van der Waals surface area (Å²) in [6.45, 7) is 2.63. The number of anilines is 1. The largest absolute Gasteiger partial charge is 0.466 e. The van der Waals surface area contributed by atoms with Gasteiger partial charge in [0.1, 0.15) is 5.82 Å². The third-order valence-corrected chi connectivity index (χ3v) is 2.01. The molecular weight excluding hydrogens is 224 g/mol. The van der Waals surface area contributed by atoms with Gasteiger partial charge in [-0.15, -0.1) is 14.8 Å². The monoisotopic (exact) mass is 236 g/mol. The summed E-state index contributed by atoms with van der Waals surface area (Å²) in [5.41, 5.74) is 0.570. The number of ether oxygens (including phenoxy) is 1. The predicted molar refractivity (Wildman–Crippen MR) is 58.3 cm³/mol. The molecule has 0 fully saturated rings. The van der Waals surface area contributed by atoms with Crippen molar-refractivity contribution in [3.8, 4) is 0 Å². The first-order chi connectivity index (χ1) is 8.29. The van der Waals surface area contributed by atoms with Crippen LogP contribution in [-0.2, 0) is 9.53 Å². The molecule has 2 aromatic rings. The summed E-state index contributed by atoms with van der Waals surface area (Å²) in [4.78, 5) is 11.1. The molecule has 0 amide bonds. The molecule has 1 N–H and O–H groups in total. The van der Waals surface area contributed by atoms with Gasteiger partial charge in [-0.1, -0.05) is 0 Å². The van der Waals surface area contributed by atoms with Gasteiger partial charge in [-0.25, -0.2) is 0 Å². The fraction of sp³-hybridized carbons (Fsp3) is 0.444. The smallest absolute Gasteiger partial charge is 0.307 e. The number of carbonyl (C=O) groups excluding carboxylic acids is 1. The van der Waals surface area contributed by atoms with E-state index in [9.17, 15) is 4.79 Å². The maximum atomic E-state index is 11.1. The Kier molecular flexibility index (Phi) is 3.43. The van der Waals surface area contributed by atoms with Crippen LogP contribution in [-0.4, -0.2) is 44.4 Å². The van der Waals surface area contributed by atoms with Crippen LogP contribution in [0.25, 0.3) is 5.65 Å². The van der Waals surface area contributed by atoms with Crippen molar-refractivity contribution < 1.29 is 9.53 Å². The third kappa shape index (κ3) is 2.86. The van der Waals surface area contributed by atoms with E-state index in [-0.39, 0.29) is 5.97 Å². The standard InChI is InChI=1S/C9H12N6O2/c1-2-17-9(16)5-6-10-7-3-4-8-11-13-14-15(8)12-7/h3-4H,2,5-6H2,1H3,(H,10,12). The maximum absolute atomic E-state index is 11.1. The fourth-order valence-electron chi connectivity index (χ4n) is 1.27. The van der Waals surface area contributed by atoms with E-state index >= 15 is 0 Å². The van der Waals surface area contributed by atoms with Crippen molar-refractivity contribution in [1.29, 1.82) is 0 Å². The van der Waals surface area contributed by atoms with E-state index in [1.54, 1.807) is 19.1 Å². The van der Waals surface area contributed by atoms with E-state index in [0.717, 1.165) is 0 Å². The number of carbonyl (C=O) groups is 1. The number of rotatable bonds is 5. The van der Waals surface area contributed by atoms with Crippen molar-refractivity contribution in [3.05, 3.63) is 12.1 Å². The van der Waals surface area contributed by atoms with Gasteiger partial charge in [-0.2, -0.15) is 0 Å². The molecule has 2 aromatic heterocycles. The normalized spacial score (nSPS) is 10.4. The van der Waals surface area contributed by atoms with Crippen molar-refractivity contribution in [2.45, 2.75) is 13.3 Å². The van der Waals surface area contributed by atoms with Crippen molar-refractivity contribution in [1.82, 2.24) is 25.3 Å². The molecule has 0 radical (unpaired) electrons. The molecule has 8 heteroatoms. The SMILES string of the molecule is CCOC(=O)CCNc1ccc2nnnn2n1. The van der Waals surface area contributed by atoms with Gasteiger partial charge in [-0.3, -0.25) is 4.79 Å². The highest BCUT2D eigenvalue weighted by atomic mass is 16.5. The average Bonchev–Trinajstić information content (AvgIpc) is 2.76.